The third-order valence-electron chi connectivity index (χ3n) is 7.71. The highest BCUT2D eigenvalue weighted by atomic mass is 16.5. The second-order valence-electron chi connectivity index (χ2n) is 9.33. The van der Waals surface area contributed by atoms with E-state index in [1.165, 1.54) is 64.5 Å². The molecule has 2 saturated carbocycles. The molecule has 0 radical (unpaired) electrons. The van der Waals surface area contributed by atoms with Crippen LogP contribution >= 0.6 is 0 Å². The molecule has 4 aliphatic rings. The average molecular weight is 377 g/mol. The minimum absolute atomic E-state index is 0.222. The highest BCUT2D eigenvalue weighted by Gasteiger charge is 2.40. The van der Waals surface area contributed by atoms with E-state index in [2.05, 4.69) is 22.5 Å². The van der Waals surface area contributed by atoms with Crippen LogP contribution < -0.4 is 10.6 Å². The zero-order valence-electron chi connectivity index (χ0n) is 17.3. The first-order valence-electron chi connectivity index (χ1n) is 11.7. The molecule has 5 nitrogen and oxygen atoms in total. The van der Waals surface area contributed by atoms with Crippen molar-refractivity contribution in [3.63, 3.8) is 0 Å². The largest absolute Gasteiger partial charge is 0.381 e. The van der Waals surface area contributed by atoms with Gasteiger partial charge in [-0.1, -0.05) is 19.3 Å². The first kappa shape index (κ1) is 19.5. The molecule has 0 amide bonds. The summed E-state index contributed by atoms with van der Waals surface area (Å²) in [6.07, 6.45) is 13.4. The lowest BCUT2D eigenvalue weighted by atomic mass is 9.79. The van der Waals surface area contributed by atoms with Crippen LogP contribution in [0.3, 0.4) is 0 Å². The molecule has 2 N–H and O–H groups in total. The van der Waals surface area contributed by atoms with Crippen molar-refractivity contribution in [1.82, 2.24) is 15.5 Å². The number of ether oxygens (including phenoxy) is 1. The van der Waals surface area contributed by atoms with Crippen molar-refractivity contribution >= 4 is 5.96 Å². The fourth-order valence-corrected chi connectivity index (χ4v) is 6.09. The predicted octanol–water partition coefficient (Wildman–Crippen LogP) is 3.16. The number of aliphatic imine (C=N–C) groups is 1. The summed E-state index contributed by atoms with van der Waals surface area (Å²) in [6.45, 7) is 8.28. The lowest BCUT2D eigenvalue weighted by Gasteiger charge is -2.43. The van der Waals surface area contributed by atoms with Gasteiger partial charge < -0.3 is 15.4 Å². The van der Waals surface area contributed by atoms with Crippen molar-refractivity contribution in [3.8, 4) is 0 Å². The summed E-state index contributed by atoms with van der Waals surface area (Å²) in [6, 6.07) is 0.611. The van der Waals surface area contributed by atoms with Crippen molar-refractivity contribution in [3.05, 3.63) is 0 Å². The lowest BCUT2D eigenvalue weighted by molar-refractivity contribution is -0.0139. The number of hydrogen-bond donors (Lipinski definition) is 2. The van der Waals surface area contributed by atoms with Gasteiger partial charge in [0.25, 0.3) is 0 Å². The molecular formula is C22H40N4O. The van der Waals surface area contributed by atoms with Gasteiger partial charge in [-0.25, -0.2) is 0 Å². The summed E-state index contributed by atoms with van der Waals surface area (Å²) in [5.74, 6) is 3.03. The normalized spacial score (nSPS) is 34.4. The van der Waals surface area contributed by atoms with Crippen LogP contribution in [0.2, 0.25) is 0 Å². The summed E-state index contributed by atoms with van der Waals surface area (Å²) < 4.78 is 5.69. The molecule has 4 rings (SSSR count). The van der Waals surface area contributed by atoms with E-state index in [9.17, 15) is 0 Å². The molecule has 0 aromatic carbocycles. The van der Waals surface area contributed by atoms with Crippen LogP contribution in [0.1, 0.15) is 71.1 Å². The van der Waals surface area contributed by atoms with Crippen LogP contribution in [-0.2, 0) is 4.74 Å². The number of fused-ring (bicyclic) bond motifs is 1. The quantitative estimate of drug-likeness (QED) is 0.572. The molecule has 0 spiro atoms. The Morgan fingerprint density at radius 1 is 1.04 bits per heavy atom. The summed E-state index contributed by atoms with van der Waals surface area (Å²) in [5, 5.41) is 7.33. The number of nitrogens with zero attached hydrogens (tertiary/aromatic N) is 2. The van der Waals surface area contributed by atoms with Gasteiger partial charge in [-0.2, -0.15) is 0 Å². The Kier molecular flexibility index (Phi) is 6.59. The zero-order chi connectivity index (χ0) is 18.5. The zero-order valence-corrected chi connectivity index (χ0v) is 17.3. The Balaban J connectivity index is 1.40. The Labute approximate surface area is 165 Å². The SMILES string of the molecule is CCNC(=NCC1(N2CCCC2)CCOCC1)NC1CCC2CCCC2C1. The summed E-state index contributed by atoms with van der Waals surface area (Å²) >= 11 is 0. The van der Waals surface area contributed by atoms with E-state index >= 15 is 0 Å². The van der Waals surface area contributed by atoms with E-state index in [4.69, 9.17) is 9.73 Å². The molecule has 3 unspecified atom stereocenters. The van der Waals surface area contributed by atoms with Gasteiger partial charge in [-0.05, 0) is 76.8 Å². The second kappa shape index (κ2) is 9.13. The van der Waals surface area contributed by atoms with Gasteiger partial charge in [0.05, 0.1) is 6.54 Å². The molecular weight excluding hydrogens is 336 g/mol. The van der Waals surface area contributed by atoms with Crippen LogP contribution in [0.25, 0.3) is 0 Å². The number of hydrogen-bond acceptors (Lipinski definition) is 3. The second-order valence-corrected chi connectivity index (χ2v) is 9.33. The molecule has 3 atom stereocenters. The van der Waals surface area contributed by atoms with E-state index in [-0.39, 0.29) is 5.54 Å². The van der Waals surface area contributed by atoms with Gasteiger partial charge in [-0.15, -0.1) is 0 Å². The molecule has 27 heavy (non-hydrogen) atoms. The molecule has 2 aliphatic carbocycles. The van der Waals surface area contributed by atoms with Gasteiger partial charge in [0.1, 0.15) is 0 Å². The summed E-state index contributed by atoms with van der Waals surface area (Å²) in [4.78, 5) is 7.85. The van der Waals surface area contributed by atoms with Gasteiger partial charge >= 0.3 is 0 Å². The van der Waals surface area contributed by atoms with Crippen LogP contribution in [0.4, 0.5) is 0 Å². The van der Waals surface area contributed by atoms with Gasteiger partial charge in [0.2, 0.25) is 0 Å². The molecule has 2 saturated heterocycles. The first-order valence-corrected chi connectivity index (χ1v) is 11.7. The third-order valence-corrected chi connectivity index (χ3v) is 7.71. The van der Waals surface area contributed by atoms with Crippen molar-refractivity contribution in [2.45, 2.75) is 82.7 Å². The van der Waals surface area contributed by atoms with Crippen molar-refractivity contribution in [2.24, 2.45) is 16.8 Å². The lowest BCUT2D eigenvalue weighted by Crippen LogP contribution is -2.54. The molecule has 154 valence electrons. The Morgan fingerprint density at radius 3 is 2.59 bits per heavy atom. The molecule has 0 aromatic rings. The highest BCUT2D eigenvalue weighted by Crippen LogP contribution is 2.42. The van der Waals surface area contributed by atoms with Gasteiger partial charge in [0, 0.05) is 31.3 Å². The molecule has 4 fully saturated rings. The molecule has 0 aromatic heterocycles. The van der Waals surface area contributed by atoms with Gasteiger partial charge in [0.15, 0.2) is 5.96 Å². The summed E-state index contributed by atoms with van der Waals surface area (Å²) in [5.41, 5.74) is 0.222. The topological polar surface area (TPSA) is 48.9 Å². The van der Waals surface area contributed by atoms with Crippen molar-refractivity contribution in [2.75, 3.05) is 39.4 Å². The smallest absolute Gasteiger partial charge is 0.191 e. The van der Waals surface area contributed by atoms with E-state index < -0.39 is 0 Å². The number of likely N-dealkylation sites (tertiary alicyclic amines) is 1. The van der Waals surface area contributed by atoms with E-state index in [0.717, 1.165) is 56.9 Å². The third kappa shape index (κ3) is 4.61. The number of nitrogens with one attached hydrogen (secondary N) is 2. The number of rotatable bonds is 5. The molecule has 2 aliphatic heterocycles. The number of guanidine groups is 1. The minimum atomic E-state index is 0.222. The molecule has 2 heterocycles. The fraction of sp³-hybridized carbons (Fsp3) is 0.955. The van der Waals surface area contributed by atoms with Crippen molar-refractivity contribution in [1.29, 1.82) is 0 Å². The van der Waals surface area contributed by atoms with E-state index in [1.54, 1.807) is 0 Å². The maximum atomic E-state index is 5.69. The van der Waals surface area contributed by atoms with Gasteiger partial charge in [-0.3, -0.25) is 9.89 Å². The van der Waals surface area contributed by atoms with Crippen LogP contribution in [0, 0.1) is 11.8 Å². The predicted molar refractivity (Wildman–Crippen MR) is 111 cm³/mol. The maximum absolute atomic E-state index is 5.69. The van der Waals surface area contributed by atoms with Crippen LogP contribution in [-0.4, -0.2) is 61.8 Å². The monoisotopic (exact) mass is 376 g/mol. The highest BCUT2D eigenvalue weighted by molar-refractivity contribution is 5.80. The standard InChI is InChI=1S/C22H40N4O/c1-2-23-21(25-20-9-8-18-6-5-7-19(18)16-20)24-17-22(10-14-27-15-11-22)26-12-3-4-13-26/h18-20H,2-17H2,1H3,(H2,23,24,25). The molecule has 5 heteroatoms. The van der Waals surface area contributed by atoms with Crippen LogP contribution in [0.5, 0.6) is 0 Å². The first-order chi connectivity index (χ1) is 13.3. The van der Waals surface area contributed by atoms with Crippen LogP contribution in [0.15, 0.2) is 4.99 Å². The Bertz CT molecular complexity index is 497. The average Bonchev–Trinajstić information content (AvgIpc) is 3.39. The molecule has 0 bridgehead atoms. The van der Waals surface area contributed by atoms with Crippen molar-refractivity contribution < 1.29 is 4.74 Å². The van der Waals surface area contributed by atoms with E-state index in [1.807, 2.05) is 0 Å². The Hall–Kier alpha value is -0.810. The minimum Gasteiger partial charge on any atom is -0.381 e. The van der Waals surface area contributed by atoms with E-state index in [0.29, 0.717) is 6.04 Å². The summed E-state index contributed by atoms with van der Waals surface area (Å²) in [7, 11) is 0. The Morgan fingerprint density at radius 2 is 1.81 bits per heavy atom. The fourth-order valence-electron chi connectivity index (χ4n) is 6.09. The maximum Gasteiger partial charge on any atom is 0.191 e.